The quantitative estimate of drug-likeness (QED) is 0.442. The fourth-order valence-corrected chi connectivity index (χ4v) is 0.195. The Hall–Kier alpha value is -0.510. The third kappa shape index (κ3) is 3.32. The van der Waals surface area contributed by atoms with Gasteiger partial charge in [-0.3, -0.25) is 0 Å². The van der Waals surface area contributed by atoms with E-state index in [2.05, 4.69) is 5.92 Å². The van der Waals surface area contributed by atoms with Gasteiger partial charge in [0.1, 0.15) is 6.17 Å². The molecule has 0 saturated carbocycles. The molecule has 0 radical (unpaired) electrons. The first-order valence-electron chi connectivity index (χ1n) is 2.42. The van der Waals surface area contributed by atoms with Gasteiger partial charge in [0.05, 0.1) is 0 Å². The predicted molar refractivity (Wildman–Crippen MR) is 28.3 cm³/mol. The van der Waals surface area contributed by atoms with Crippen molar-refractivity contribution in [2.75, 3.05) is 0 Å². The van der Waals surface area contributed by atoms with Crippen molar-refractivity contribution in [3.05, 3.63) is 0 Å². The highest BCUT2D eigenvalue weighted by Crippen LogP contribution is 1.95. The van der Waals surface area contributed by atoms with E-state index in [-0.39, 0.29) is 5.92 Å². The summed E-state index contributed by atoms with van der Waals surface area (Å²) in [5.74, 6) is 2.59. The zero-order valence-corrected chi connectivity index (χ0v) is 4.66. The molecular weight excluding hydrogens is 91.1 g/mol. The van der Waals surface area contributed by atoms with Gasteiger partial charge in [0, 0.05) is 5.92 Å². The van der Waals surface area contributed by atoms with Crippen molar-refractivity contribution < 1.29 is 4.39 Å². The minimum absolute atomic E-state index is 0.213. The first-order chi connectivity index (χ1) is 3.31. The monoisotopic (exact) mass is 100 g/mol. The summed E-state index contributed by atoms with van der Waals surface area (Å²) >= 11 is 0. The van der Waals surface area contributed by atoms with Gasteiger partial charge in [-0.1, -0.05) is 19.8 Å². The molecule has 0 aliphatic rings. The van der Waals surface area contributed by atoms with Crippen LogP contribution in [0.15, 0.2) is 0 Å². The smallest absolute Gasteiger partial charge is 0.105 e. The number of hydrogen-bond donors (Lipinski definition) is 0. The Balaban J connectivity index is 3.29. The lowest BCUT2D eigenvalue weighted by atomic mass is 10.1. The van der Waals surface area contributed by atoms with Crippen LogP contribution in [0, 0.1) is 18.0 Å². The number of rotatable bonds is 1. The standard InChI is InChI=1S/C6H9F/c1-3-6(2)4-5-7/h6H,3H2,1-2H3. The Morgan fingerprint density at radius 3 is 2.43 bits per heavy atom. The van der Waals surface area contributed by atoms with Crippen molar-refractivity contribution in [2.24, 2.45) is 5.92 Å². The molecule has 0 nitrogen and oxygen atoms in total. The molecule has 40 valence electrons. The molecule has 0 saturated heterocycles. The highest BCUT2D eigenvalue weighted by atomic mass is 19.1. The fourth-order valence-electron chi connectivity index (χ4n) is 0.195. The molecule has 0 aromatic rings. The van der Waals surface area contributed by atoms with Crippen molar-refractivity contribution in [1.82, 2.24) is 0 Å². The first-order valence-corrected chi connectivity index (χ1v) is 2.42. The maximum Gasteiger partial charge on any atom is 0.105 e. The second-order valence-electron chi connectivity index (χ2n) is 1.55. The maximum absolute atomic E-state index is 11.1. The van der Waals surface area contributed by atoms with E-state index in [4.69, 9.17) is 0 Å². The van der Waals surface area contributed by atoms with Gasteiger partial charge < -0.3 is 0 Å². The molecule has 1 unspecified atom stereocenters. The predicted octanol–water partition coefficient (Wildman–Crippen LogP) is 1.96. The van der Waals surface area contributed by atoms with Crippen LogP contribution in [-0.2, 0) is 0 Å². The fraction of sp³-hybridized carbons (Fsp3) is 0.667. The topological polar surface area (TPSA) is 0 Å². The lowest BCUT2D eigenvalue weighted by Gasteiger charge is -1.90. The average Bonchev–Trinajstić information content (AvgIpc) is 1.68. The van der Waals surface area contributed by atoms with Crippen LogP contribution in [0.2, 0.25) is 0 Å². The van der Waals surface area contributed by atoms with E-state index in [1.165, 1.54) is 6.17 Å². The first kappa shape index (κ1) is 6.49. The van der Waals surface area contributed by atoms with Gasteiger partial charge in [-0.2, -0.15) is 0 Å². The molecule has 0 N–H and O–H groups in total. The van der Waals surface area contributed by atoms with Crippen molar-refractivity contribution in [2.45, 2.75) is 20.3 Å². The SMILES string of the molecule is CCC(C)C#CF. The van der Waals surface area contributed by atoms with Crippen molar-refractivity contribution >= 4 is 0 Å². The Bertz CT molecular complexity index is 86.1. The van der Waals surface area contributed by atoms with Crippen molar-refractivity contribution in [3.8, 4) is 12.1 Å². The van der Waals surface area contributed by atoms with E-state index in [9.17, 15) is 4.39 Å². The van der Waals surface area contributed by atoms with Crippen molar-refractivity contribution in [1.29, 1.82) is 0 Å². The zero-order chi connectivity index (χ0) is 5.70. The summed E-state index contributed by atoms with van der Waals surface area (Å²) in [4.78, 5) is 0. The molecule has 0 fully saturated rings. The maximum atomic E-state index is 11.1. The van der Waals surface area contributed by atoms with Gasteiger partial charge in [-0.15, -0.1) is 4.39 Å². The lowest BCUT2D eigenvalue weighted by molar-refractivity contribution is 0.705. The molecule has 0 aliphatic carbocycles. The van der Waals surface area contributed by atoms with Crippen molar-refractivity contribution in [3.63, 3.8) is 0 Å². The number of hydrogen-bond acceptors (Lipinski definition) is 0. The minimum atomic E-state index is 0.213. The molecule has 0 heterocycles. The minimum Gasteiger partial charge on any atom is -0.144 e. The Labute approximate surface area is 43.7 Å². The normalized spacial score (nSPS) is 11.9. The van der Waals surface area contributed by atoms with Gasteiger partial charge in [0.25, 0.3) is 0 Å². The molecule has 0 aromatic heterocycles. The van der Waals surface area contributed by atoms with E-state index in [0.717, 1.165) is 6.42 Å². The molecule has 0 aliphatic heterocycles. The van der Waals surface area contributed by atoms with E-state index in [1.54, 1.807) is 0 Å². The summed E-state index contributed by atoms with van der Waals surface area (Å²) in [5.41, 5.74) is 0. The Kier molecular flexibility index (Phi) is 3.40. The molecule has 1 atom stereocenters. The highest BCUT2D eigenvalue weighted by molar-refractivity contribution is 4.94. The molecule has 0 amide bonds. The Morgan fingerprint density at radius 2 is 2.29 bits per heavy atom. The molecule has 1 heteroatoms. The van der Waals surface area contributed by atoms with Crippen LogP contribution < -0.4 is 0 Å². The summed E-state index contributed by atoms with van der Waals surface area (Å²) in [7, 11) is 0. The molecule has 0 rings (SSSR count). The van der Waals surface area contributed by atoms with Crippen LogP contribution in [0.3, 0.4) is 0 Å². The van der Waals surface area contributed by atoms with Crippen LogP contribution in [0.5, 0.6) is 0 Å². The van der Waals surface area contributed by atoms with Gasteiger partial charge in [0.2, 0.25) is 0 Å². The summed E-state index contributed by atoms with van der Waals surface area (Å²) < 4.78 is 11.1. The van der Waals surface area contributed by atoms with Crippen LogP contribution >= 0.6 is 0 Å². The summed E-state index contributed by atoms with van der Waals surface area (Å²) in [6.45, 7) is 3.88. The summed E-state index contributed by atoms with van der Waals surface area (Å²) in [6, 6.07) is 0. The molecule has 0 bridgehead atoms. The van der Waals surface area contributed by atoms with E-state index in [0.29, 0.717) is 0 Å². The van der Waals surface area contributed by atoms with E-state index >= 15 is 0 Å². The van der Waals surface area contributed by atoms with Gasteiger partial charge >= 0.3 is 0 Å². The summed E-state index contributed by atoms with van der Waals surface area (Å²) in [5, 5.41) is 0. The van der Waals surface area contributed by atoms with Crippen LogP contribution in [0.1, 0.15) is 20.3 Å². The molecule has 7 heavy (non-hydrogen) atoms. The second-order valence-corrected chi connectivity index (χ2v) is 1.55. The third-order valence-electron chi connectivity index (χ3n) is 0.913. The number of halogens is 1. The van der Waals surface area contributed by atoms with Gasteiger partial charge in [-0.05, 0) is 6.42 Å². The van der Waals surface area contributed by atoms with Crippen LogP contribution in [0.25, 0.3) is 0 Å². The summed E-state index contributed by atoms with van der Waals surface area (Å²) in [6.07, 6.45) is 2.30. The largest absolute Gasteiger partial charge is 0.144 e. The van der Waals surface area contributed by atoms with E-state index in [1.807, 2.05) is 13.8 Å². The molecule has 0 aromatic carbocycles. The van der Waals surface area contributed by atoms with Gasteiger partial charge in [-0.25, -0.2) is 0 Å². The van der Waals surface area contributed by atoms with Gasteiger partial charge in [0.15, 0.2) is 0 Å². The lowest BCUT2D eigenvalue weighted by Crippen LogP contribution is -1.82. The zero-order valence-electron chi connectivity index (χ0n) is 4.66. The molecular formula is C6H9F. The van der Waals surface area contributed by atoms with Crippen LogP contribution in [0.4, 0.5) is 4.39 Å². The second kappa shape index (κ2) is 3.67. The Morgan fingerprint density at radius 1 is 1.71 bits per heavy atom. The average molecular weight is 100 g/mol. The van der Waals surface area contributed by atoms with E-state index < -0.39 is 0 Å². The van der Waals surface area contributed by atoms with Crippen LogP contribution in [-0.4, -0.2) is 0 Å². The highest BCUT2D eigenvalue weighted by Gasteiger charge is 1.87. The third-order valence-corrected chi connectivity index (χ3v) is 0.913. The molecule has 0 spiro atoms.